The fraction of sp³-hybridized carbons (Fsp3) is 0.500. The molecular weight excluding hydrogens is 384 g/mol. The highest BCUT2D eigenvalue weighted by Gasteiger charge is 2.24. The van der Waals surface area contributed by atoms with E-state index in [1.54, 1.807) is 16.8 Å². The van der Waals surface area contributed by atoms with Crippen LogP contribution in [0.1, 0.15) is 46.6 Å². The fourth-order valence-corrected chi connectivity index (χ4v) is 3.85. The number of nitrogens with one attached hydrogen (secondary N) is 1. The van der Waals surface area contributed by atoms with Crippen molar-refractivity contribution in [3.8, 4) is 11.5 Å². The molecule has 1 aromatic heterocycles. The third kappa shape index (κ3) is 4.42. The molecule has 1 aliphatic rings. The van der Waals surface area contributed by atoms with Crippen LogP contribution >= 0.6 is 0 Å². The van der Waals surface area contributed by atoms with E-state index in [2.05, 4.69) is 10.4 Å². The van der Waals surface area contributed by atoms with Gasteiger partial charge in [-0.1, -0.05) is 0 Å². The van der Waals surface area contributed by atoms with E-state index in [1.807, 2.05) is 25.8 Å². The number of methoxy groups -OCH3 is 2. The lowest BCUT2D eigenvalue weighted by Crippen LogP contribution is -2.36. The molecule has 2 amide bonds. The van der Waals surface area contributed by atoms with Crippen LogP contribution in [0.2, 0.25) is 0 Å². The standard InChI is InChI=1S/C22H30N4O4/c1-14-16(15(2)25(3)24-14)12-21(27)23-18-13-20(30-5)19(29-4)11-17(18)22(28)26-9-7-6-8-10-26/h11,13H,6-10,12H2,1-5H3,(H,23,27). The van der Waals surface area contributed by atoms with Crippen LogP contribution in [0.4, 0.5) is 5.69 Å². The largest absolute Gasteiger partial charge is 0.493 e. The molecule has 8 heteroatoms. The van der Waals surface area contributed by atoms with Crippen molar-refractivity contribution in [3.63, 3.8) is 0 Å². The summed E-state index contributed by atoms with van der Waals surface area (Å²) in [7, 11) is 4.91. The van der Waals surface area contributed by atoms with Gasteiger partial charge in [0.15, 0.2) is 11.5 Å². The predicted molar refractivity (Wildman–Crippen MR) is 114 cm³/mol. The summed E-state index contributed by atoms with van der Waals surface area (Å²) in [5.74, 6) is 0.584. The van der Waals surface area contributed by atoms with Crippen LogP contribution in [0.25, 0.3) is 0 Å². The first-order valence-corrected chi connectivity index (χ1v) is 10.2. The van der Waals surface area contributed by atoms with E-state index >= 15 is 0 Å². The Labute approximate surface area is 177 Å². The highest BCUT2D eigenvalue weighted by molar-refractivity contribution is 6.05. The molecule has 2 heterocycles. The van der Waals surface area contributed by atoms with Gasteiger partial charge in [0.2, 0.25) is 5.91 Å². The van der Waals surface area contributed by atoms with Crippen LogP contribution < -0.4 is 14.8 Å². The molecular formula is C22H30N4O4. The number of benzene rings is 1. The van der Waals surface area contributed by atoms with Gasteiger partial charge in [0, 0.05) is 37.5 Å². The molecule has 2 aromatic rings. The molecule has 0 bridgehead atoms. The summed E-state index contributed by atoms with van der Waals surface area (Å²) in [5, 5.41) is 7.28. The number of ether oxygens (including phenoxy) is 2. The normalized spacial score (nSPS) is 13.8. The van der Waals surface area contributed by atoms with Gasteiger partial charge in [0.1, 0.15) is 0 Å². The Hall–Kier alpha value is -3.03. The summed E-state index contributed by atoms with van der Waals surface area (Å²) in [5.41, 5.74) is 3.48. The molecule has 0 spiro atoms. The zero-order chi connectivity index (χ0) is 21.8. The van der Waals surface area contributed by atoms with Gasteiger partial charge in [0.25, 0.3) is 5.91 Å². The van der Waals surface area contributed by atoms with E-state index < -0.39 is 0 Å². The number of carbonyl (C=O) groups is 2. The second-order valence-electron chi connectivity index (χ2n) is 7.60. The first-order valence-electron chi connectivity index (χ1n) is 10.2. The van der Waals surface area contributed by atoms with Crippen LogP contribution in [-0.4, -0.2) is 53.8 Å². The summed E-state index contributed by atoms with van der Waals surface area (Å²) >= 11 is 0. The number of hydrogen-bond acceptors (Lipinski definition) is 5. The molecule has 0 radical (unpaired) electrons. The number of nitrogens with zero attached hydrogens (tertiary/aromatic N) is 3. The quantitative estimate of drug-likeness (QED) is 0.786. The predicted octanol–water partition coefficient (Wildman–Crippen LogP) is 2.86. The highest BCUT2D eigenvalue weighted by Crippen LogP contribution is 2.34. The van der Waals surface area contributed by atoms with Gasteiger partial charge in [-0.15, -0.1) is 0 Å². The molecule has 0 aliphatic carbocycles. The minimum atomic E-state index is -0.214. The van der Waals surface area contributed by atoms with Crippen LogP contribution in [0.15, 0.2) is 12.1 Å². The number of aryl methyl sites for hydroxylation is 2. The molecule has 1 saturated heterocycles. The third-order valence-corrected chi connectivity index (χ3v) is 5.67. The van der Waals surface area contributed by atoms with E-state index in [4.69, 9.17) is 9.47 Å². The lowest BCUT2D eigenvalue weighted by molar-refractivity contribution is -0.115. The Kier molecular flexibility index (Phi) is 6.64. The first kappa shape index (κ1) is 21.7. The monoisotopic (exact) mass is 414 g/mol. The van der Waals surface area contributed by atoms with Gasteiger partial charge in [-0.2, -0.15) is 5.10 Å². The Bertz CT molecular complexity index is 945. The number of piperidine rings is 1. The summed E-state index contributed by atoms with van der Waals surface area (Å²) in [4.78, 5) is 27.9. The molecule has 3 rings (SSSR count). The maximum Gasteiger partial charge on any atom is 0.256 e. The van der Waals surface area contributed by atoms with Crippen molar-refractivity contribution in [1.29, 1.82) is 0 Å². The summed E-state index contributed by atoms with van der Waals surface area (Å²) in [6.45, 7) is 5.25. The summed E-state index contributed by atoms with van der Waals surface area (Å²) < 4.78 is 12.5. The van der Waals surface area contributed by atoms with E-state index in [-0.39, 0.29) is 18.2 Å². The second-order valence-corrected chi connectivity index (χ2v) is 7.60. The van der Waals surface area contributed by atoms with Crippen molar-refractivity contribution in [1.82, 2.24) is 14.7 Å². The molecule has 162 valence electrons. The lowest BCUT2D eigenvalue weighted by atomic mass is 10.1. The van der Waals surface area contributed by atoms with Gasteiger partial charge in [0.05, 0.1) is 37.6 Å². The zero-order valence-electron chi connectivity index (χ0n) is 18.4. The van der Waals surface area contributed by atoms with Crippen LogP contribution in [0.3, 0.4) is 0 Å². The van der Waals surface area contributed by atoms with E-state index in [0.29, 0.717) is 35.8 Å². The van der Waals surface area contributed by atoms with Gasteiger partial charge in [-0.3, -0.25) is 14.3 Å². The third-order valence-electron chi connectivity index (χ3n) is 5.67. The van der Waals surface area contributed by atoms with Crippen molar-refractivity contribution in [2.45, 2.75) is 39.5 Å². The molecule has 30 heavy (non-hydrogen) atoms. The second kappa shape index (κ2) is 9.19. The fourth-order valence-electron chi connectivity index (χ4n) is 3.85. The maximum absolute atomic E-state index is 13.2. The number of likely N-dealkylation sites (tertiary alicyclic amines) is 1. The summed E-state index contributed by atoms with van der Waals surface area (Å²) in [6, 6.07) is 3.29. The van der Waals surface area contributed by atoms with Gasteiger partial charge in [-0.05, 0) is 39.2 Å². The van der Waals surface area contributed by atoms with Crippen LogP contribution in [-0.2, 0) is 18.3 Å². The van der Waals surface area contributed by atoms with E-state index in [1.165, 1.54) is 14.2 Å². The lowest BCUT2D eigenvalue weighted by Gasteiger charge is -2.28. The van der Waals surface area contributed by atoms with Gasteiger partial charge < -0.3 is 19.7 Å². The first-order chi connectivity index (χ1) is 14.3. The van der Waals surface area contributed by atoms with Gasteiger partial charge >= 0.3 is 0 Å². The Morgan fingerprint density at radius 2 is 1.70 bits per heavy atom. The molecule has 1 aromatic carbocycles. The Morgan fingerprint density at radius 1 is 1.07 bits per heavy atom. The minimum Gasteiger partial charge on any atom is -0.493 e. The molecule has 0 atom stereocenters. The molecule has 0 saturated carbocycles. The molecule has 8 nitrogen and oxygen atoms in total. The smallest absolute Gasteiger partial charge is 0.256 e. The Balaban J connectivity index is 1.91. The number of anilines is 1. The SMILES string of the molecule is COc1cc(NC(=O)Cc2c(C)nn(C)c2C)c(C(=O)N2CCCCC2)cc1OC. The van der Waals surface area contributed by atoms with Crippen molar-refractivity contribution in [2.75, 3.05) is 32.6 Å². The summed E-state index contributed by atoms with van der Waals surface area (Å²) in [6.07, 6.45) is 3.28. The van der Waals surface area contributed by atoms with E-state index in [9.17, 15) is 9.59 Å². The minimum absolute atomic E-state index is 0.111. The van der Waals surface area contributed by atoms with Crippen molar-refractivity contribution < 1.29 is 19.1 Å². The van der Waals surface area contributed by atoms with Crippen molar-refractivity contribution in [3.05, 3.63) is 34.6 Å². The molecule has 1 N–H and O–H groups in total. The van der Waals surface area contributed by atoms with Crippen LogP contribution in [0.5, 0.6) is 11.5 Å². The van der Waals surface area contributed by atoms with Crippen molar-refractivity contribution >= 4 is 17.5 Å². The number of hydrogen-bond donors (Lipinski definition) is 1. The van der Waals surface area contributed by atoms with Crippen LogP contribution in [0, 0.1) is 13.8 Å². The average Bonchev–Trinajstić information content (AvgIpc) is 2.99. The Morgan fingerprint density at radius 3 is 2.27 bits per heavy atom. The van der Waals surface area contributed by atoms with E-state index in [0.717, 1.165) is 36.2 Å². The number of amides is 2. The average molecular weight is 415 g/mol. The number of aromatic nitrogens is 2. The van der Waals surface area contributed by atoms with Crippen molar-refractivity contribution in [2.24, 2.45) is 7.05 Å². The van der Waals surface area contributed by atoms with Gasteiger partial charge in [-0.25, -0.2) is 0 Å². The molecule has 1 fully saturated rings. The zero-order valence-corrected chi connectivity index (χ0v) is 18.4. The molecule has 0 unspecified atom stereocenters. The number of rotatable bonds is 6. The molecule has 1 aliphatic heterocycles. The maximum atomic E-state index is 13.2. The number of carbonyl (C=O) groups excluding carboxylic acids is 2. The topological polar surface area (TPSA) is 85.7 Å². The highest BCUT2D eigenvalue weighted by atomic mass is 16.5.